The van der Waals surface area contributed by atoms with Crippen LogP contribution in [0.1, 0.15) is 84.5 Å². The zero-order chi connectivity index (χ0) is 37.3. The molecule has 0 amide bonds. The van der Waals surface area contributed by atoms with E-state index in [0.717, 1.165) is 32.1 Å². The molecule has 1 nitrogen and oxygen atoms in total. The summed E-state index contributed by atoms with van der Waals surface area (Å²) in [6, 6.07) is 56.1. The molecule has 1 heterocycles. The minimum Gasteiger partial charge on any atom is -0.280 e. The van der Waals surface area contributed by atoms with Gasteiger partial charge >= 0.3 is 0 Å². The van der Waals surface area contributed by atoms with E-state index in [1.54, 1.807) is 0 Å². The van der Waals surface area contributed by atoms with E-state index in [9.17, 15) is 0 Å². The van der Waals surface area contributed by atoms with Crippen molar-refractivity contribution >= 4 is 44.5 Å². The number of nitrogens with zero attached hydrogens (tertiary/aromatic N) is 1. The van der Waals surface area contributed by atoms with Crippen molar-refractivity contribution in [1.29, 1.82) is 0 Å². The molecule has 1 heteroatoms. The van der Waals surface area contributed by atoms with Gasteiger partial charge in [0, 0.05) is 17.2 Å². The third-order valence-electron chi connectivity index (χ3n) is 12.3. The van der Waals surface area contributed by atoms with Gasteiger partial charge in [-0.15, -0.1) is 0 Å². The van der Waals surface area contributed by atoms with Crippen LogP contribution in [0.5, 0.6) is 0 Å². The number of rotatable bonds is 6. The van der Waals surface area contributed by atoms with Gasteiger partial charge < -0.3 is 0 Å². The molecule has 0 N–H and O–H groups in total. The average molecular weight is 712 g/mol. The maximum atomic E-state index is 5.86. The average Bonchev–Trinajstić information content (AvgIpc) is 3.31. The van der Waals surface area contributed by atoms with Gasteiger partial charge in [-0.2, -0.15) is 0 Å². The van der Waals surface area contributed by atoms with Crippen LogP contribution in [0.25, 0.3) is 49.9 Å². The third-order valence-corrected chi connectivity index (χ3v) is 12.3. The van der Waals surface area contributed by atoms with E-state index in [2.05, 4.69) is 185 Å². The van der Waals surface area contributed by atoms with Gasteiger partial charge in [0.25, 0.3) is 0 Å². The van der Waals surface area contributed by atoms with Gasteiger partial charge in [0.1, 0.15) is 0 Å². The highest BCUT2D eigenvalue weighted by Crippen LogP contribution is 2.42. The fourth-order valence-electron chi connectivity index (χ4n) is 9.37. The van der Waals surface area contributed by atoms with Gasteiger partial charge in [-0.25, -0.2) is 0 Å². The fraction of sp³-hybridized carbons (Fsp3) is 0.204. The van der Waals surface area contributed by atoms with E-state index in [1.807, 2.05) is 0 Å². The van der Waals surface area contributed by atoms with Crippen LogP contribution in [0.2, 0.25) is 0 Å². The first-order valence-electron chi connectivity index (χ1n) is 20.3. The summed E-state index contributed by atoms with van der Waals surface area (Å²) in [4.78, 5) is 5.86. The van der Waals surface area contributed by atoms with Crippen LogP contribution >= 0.6 is 0 Å². The molecule has 3 unspecified atom stereocenters. The Morgan fingerprint density at radius 1 is 0.564 bits per heavy atom. The Morgan fingerprint density at radius 3 is 1.96 bits per heavy atom. The van der Waals surface area contributed by atoms with E-state index in [4.69, 9.17) is 4.99 Å². The van der Waals surface area contributed by atoms with Crippen molar-refractivity contribution in [3.8, 4) is 11.1 Å². The fourth-order valence-corrected chi connectivity index (χ4v) is 9.37. The highest BCUT2D eigenvalue weighted by molar-refractivity contribution is 6.14. The lowest BCUT2D eigenvalue weighted by molar-refractivity contribution is 0.508. The van der Waals surface area contributed by atoms with Crippen molar-refractivity contribution in [2.45, 2.75) is 58.9 Å². The third kappa shape index (κ3) is 6.67. The molecule has 7 aromatic rings. The molecule has 55 heavy (non-hydrogen) atoms. The van der Waals surface area contributed by atoms with Crippen LogP contribution < -0.4 is 0 Å². The van der Waals surface area contributed by atoms with E-state index in [0.29, 0.717) is 0 Å². The Balaban J connectivity index is 1.14. The second kappa shape index (κ2) is 15.2. The lowest BCUT2D eigenvalue weighted by Gasteiger charge is -2.25. The summed E-state index contributed by atoms with van der Waals surface area (Å²) in [5, 5.41) is 5.43. The molecule has 9 rings (SSSR count). The second-order valence-corrected chi connectivity index (χ2v) is 15.7. The van der Waals surface area contributed by atoms with Crippen LogP contribution in [0, 0.1) is 18.8 Å². The monoisotopic (exact) mass is 711 g/mol. The molecule has 3 atom stereocenters. The first-order valence-corrected chi connectivity index (χ1v) is 20.3. The number of aliphatic imine (C=N–C) groups is 1. The number of hydrogen-bond acceptors (Lipinski definition) is 1. The highest BCUT2D eigenvalue weighted by atomic mass is 14.8. The Morgan fingerprint density at radius 2 is 1.20 bits per heavy atom. The zero-order valence-corrected chi connectivity index (χ0v) is 32.3. The molecule has 2 aliphatic rings. The van der Waals surface area contributed by atoms with E-state index < -0.39 is 0 Å². The largest absolute Gasteiger partial charge is 0.280 e. The van der Waals surface area contributed by atoms with Crippen LogP contribution in [0.4, 0.5) is 0 Å². The molecule has 0 saturated heterocycles. The highest BCUT2D eigenvalue weighted by Gasteiger charge is 2.27. The number of benzene rings is 7. The van der Waals surface area contributed by atoms with Crippen LogP contribution in [-0.2, 0) is 6.42 Å². The molecule has 0 saturated carbocycles. The molecule has 0 bridgehead atoms. The van der Waals surface area contributed by atoms with Gasteiger partial charge in [0.05, 0.1) is 6.04 Å². The molecule has 270 valence electrons. The van der Waals surface area contributed by atoms with Crippen LogP contribution in [0.3, 0.4) is 0 Å². The summed E-state index contributed by atoms with van der Waals surface area (Å²) in [5.41, 5.74) is 16.0. The van der Waals surface area contributed by atoms with Gasteiger partial charge in [-0.1, -0.05) is 172 Å². The summed E-state index contributed by atoms with van der Waals surface area (Å²) in [5.74, 6) is 0.557. The Hall–Kier alpha value is -5.79. The minimum absolute atomic E-state index is 0.0264. The molecule has 0 radical (unpaired) electrons. The number of hydrogen-bond donors (Lipinski definition) is 0. The van der Waals surface area contributed by atoms with Crippen LogP contribution in [0.15, 0.2) is 163 Å². The van der Waals surface area contributed by atoms with Crippen molar-refractivity contribution in [2.24, 2.45) is 16.8 Å². The predicted octanol–water partition coefficient (Wildman–Crippen LogP) is 14.5. The molecule has 7 aromatic carbocycles. The standard InChI is InChI=1S/C54H49N/c1-4-38-33-43(44-22-9-8-17-36(44)2)30-29-37(3)53(55-54(38)39-18-6-5-7-19-39)51-28-15-10-23-45(51)42-21-16-20-40(34-42)41-31-32-50-48-26-12-11-24-46(48)47-25-13-14-27-49(47)52(50)35-41/h5-28,33-35,37-38,54H,4,29-32H2,1-3H3. The first kappa shape index (κ1) is 34.9. The summed E-state index contributed by atoms with van der Waals surface area (Å²) < 4.78 is 0. The number of allylic oxidation sites excluding steroid dienone is 2. The van der Waals surface area contributed by atoms with Crippen molar-refractivity contribution in [1.82, 2.24) is 0 Å². The van der Waals surface area contributed by atoms with E-state index in [1.165, 1.54) is 88.5 Å². The van der Waals surface area contributed by atoms with Crippen molar-refractivity contribution < 1.29 is 0 Å². The minimum atomic E-state index is 0.0264. The summed E-state index contributed by atoms with van der Waals surface area (Å²) in [7, 11) is 0. The Labute approximate surface area is 326 Å². The molecule has 1 aliphatic heterocycles. The zero-order valence-electron chi connectivity index (χ0n) is 32.3. The molecular weight excluding hydrogens is 663 g/mol. The maximum absolute atomic E-state index is 5.86. The smallest absolute Gasteiger partial charge is 0.0815 e. The Kier molecular flexibility index (Phi) is 9.63. The topological polar surface area (TPSA) is 12.4 Å². The molecule has 0 fully saturated rings. The van der Waals surface area contributed by atoms with E-state index >= 15 is 0 Å². The first-order chi connectivity index (χ1) is 27.1. The number of aryl methyl sites for hydroxylation is 2. The predicted molar refractivity (Wildman–Crippen MR) is 237 cm³/mol. The SMILES string of the molecule is CCC1C=C(c2ccccc2C)CCC(C)C(c2ccccc2-c2cccc(C3=Cc4c(c5ccccc5c5ccccc45)CC3)c2)=NC1c1ccccc1. The van der Waals surface area contributed by atoms with Crippen molar-refractivity contribution in [3.05, 3.63) is 197 Å². The quantitative estimate of drug-likeness (QED) is 0.152. The van der Waals surface area contributed by atoms with Gasteiger partial charge in [0.15, 0.2) is 0 Å². The van der Waals surface area contributed by atoms with Gasteiger partial charge in [-0.3, -0.25) is 4.99 Å². The number of fused-ring (bicyclic) bond motifs is 6. The Bertz CT molecular complexity index is 2620. The van der Waals surface area contributed by atoms with Crippen LogP contribution in [-0.4, -0.2) is 5.71 Å². The van der Waals surface area contributed by atoms with Gasteiger partial charge in [-0.05, 0) is 128 Å². The lowest BCUT2D eigenvalue weighted by atomic mass is 9.82. The molecule has 1 aliphatic carbocycles. The van der Waals surface area contributed by atoms with Crippen molar-refractivity contribution in [2.75, 3.05) is 0 Å². The lowest BCUT2D eigenvalue weighted by Crippen LogP contribution is -2.17. The maximum Gasteiger partial charge on any atom is 0.0815 e. The van der Waals surface area contributed by atoms with Crippen molar-refractivity contribution in [3.63, 3.8) is 0 Å². The van der Waals surface area contributed by atoms with Gasteiger partial charge in [0.2, 0.25) is 0 Å². The molecule has 0 aromatic heterocycles. The summed E-state index contributed by atoms with van der Waals surface area (Å²) in [6.07, 6.45) is 10.2. The normalized spacial score (nSPS) is 18.7. The van der Waals surface area contributed by atoms with E-state index in [-0.39, 0.29) is 17.9 Å². The summed E-state index contributed by atoms with van der Waals surface area (Å²) >= 11 is 0. The summed E-state index contributed by atoms with van der Waals surface area (Å²) in [6.45, 7) is 6.97. The molecular formula is C54H49N. The second-order valence-electron chi connectivity index (χ2n) is 15.7. The molecule has 0 spiro atoms.